The number of nitrogens with zero attached hydrogens (tertiary/aromatic N) is 2. The van der Waals surface area contributed by atoms with Crippen LogP contribution in [-0.2, 0) is 27.3 Å². The minimum atomic E-state index is -0.561. The van der Waals surface area contributed by atoms with E-state index in [1.807, 2.05) is 55.5 Å². The zero-order valence-electron chi connectivity index (χ0n) is 16.5. The molecule has 0 atom stereocenters. The van der Waals surface area contributed by atoms with E-state index in [1.165, 1.54) is 0 Å². The lowest BCUT2D eigenvalue weighted by atomic mass is 10.0. The Hall–Kier alpha value is -3.25. The summed E-state index contributed by atoms with van der Waals surface area (Å²) < 4.78 is 10.6. The van der Waals surface area contributed by atoms with E-state index in [-0.39, 0.29) is 19.1 Å². The van der Waals surface area contributed by atoms with Crippen LogP contribution in [0.2, 0.25) is 0 Å². The Labute approximate surface area is 169 Å². The summed E-state index contributed by atoms with van der Waals surface area (Å²) >= 11 is 0. The second-order valence-corrected chi connectivity index (χ2v) is 7.01. The van der Waals surface area contributed by atoms with Crippen molar-refractivity contribution in [2.45, 2.75) is 20.0 Å². The summed E-state index contributed by atoms with van der Waals surface area (Å²) in [4.78, 5) is 31.8. The number of anilines is 1. The lowest BCUT2D eigenvalue weighted by Gasteiger charge is -2.18. The van der Waals surface area contributed by atoms with E-state index in [9.17, 15) is 9.59 Å². The predicted molar refractivity (Wildman–Crippen MR) is 110 cm³/mol. The molecule has 0 saturated heterocycles. The molecule has 0 N–H and O–H groups in total. The van der Waals surface area contributed by atoms with Gasteiger partial charge in [0.2, 0.25) is 0 Å². The molecule has 148 valence electrons. The van der Waals surface area contributed by atoms with Crippen LogP contribution < -0.4 is 4.90 Å². The highest BCUT2D eigenvalue weighted by Gasteiger charge is 2.26. The summed E-state index contributed by atoms with van der Waals surface area (Å²) in [5, 5.41) is 0.874. The molecular weight excluding hydrogens is 368 g/mol. The molecule has 2 heterocycles. The zero-order chi connectivity index (χ0) is 20.4. The number of rotatable bonds is 5. The van der Waals surface area contributed by atoms with Crippen molar-refractivity contribution < 1.29 is 19.1 Å². The maximum Gasteiger partial charge on any atom is 0.340 e. The molecule has 1 amide bonds. The number of esters is 1. The third kappa shape index (κ3) is 3.59. The second-order valence-electron chi connectivity index (χ2n) is 7.01. The van der Waals surface area contributed by atoms with Crippen LogP contribution in [0.25, 0.3) is 10.9 Å². The SMILES string of the molecule is COCc1nc2ccccc2c(C)c1C(=O)OCC(=O)N1CCc2ccccc21. The van der Waals surface area contributed by atoms with Gasteiger partial charge < -0.3 is 14.4 Å². The first-order valence-corrected chi connectivity index (χ1v) is 9.52. The standard InChI is InChI=1S/C23H22N2O4/c1-15-17-8-4-5-9-18(17)24-19(13-28-2)22(15)23(27)29-14-21(26)25-12-11-16-7-3-6-10-20(16)25/h3-10H,11-14H2,1-2H3. The minimum absolute atomic E-state index is 0.184. The molecule has 6 heteroatoms. The lowest BCUT2D eigenvalue weighted by molar-refractivity contribution is -0.121. The number of methoxy groups -OCH3 is 1. The molecular formula is C23H22N2O4. The Balaban J connectivity index is 1.56. The third-order valence-electron chi connectivity index (χ3n) is 5.23. The number of carbonyl (C=O) groups is 2. The smallest absolute Gasteiger partial charge is 0.340 e. The van der Waals surface area contributed by atoms with E-state index in [0.29, 0.717) is 17.8 Å². The minimum Gasteiger partial charge on any atom is -0.452 e. The van der Waals surface area contributed by atoms with Gasteiger partial charge in [-0.05, 0) is 36.6 Å². The molecule has 1 aromatic heterocycles. The lowest BCUT2D eigenvalue weighted by Crippen LogP contribution is -2.33. The van der Waals surface area contributed by atoms with Crippen molar-refractivity contribution in [2.24, 2.45) is 0 Å². The van der Waals surface area contributed by atoms with Crippen LogP contribution in [0.3, 0.4) is 0 Å². The summed E-state index contributed by atoms with van der Waals surface area (Å²) in [6, 6.07) is 15.4. The Morgan fingerprint density at radius 2 is 1.86 bits per heavy atom. The number of para-hydroxylation sites is 2. The number of hydrogen-bond donors (Lipinski definition) is 0. The number of ether oxygens (including phenoxy) is 2. The van der Waals surface area contributed by atoms with Crippen molar-refractivity contribution >= 4 is 28.5 Å². The second kappa shape index (κ2) is 8.01. The Kier molecular flexibility index (Phi) is 5.27. The molecule has 6 nitrogen and oxygen atoms in total. The number of aryl methyl sites for hydroxylation is 1. The number of fused-ring (bicyclic) bond motifs is 2. The van der Waals surface area contributed by atoms with Crippen LogP contribution in [0.4, 0.5) is 5.69 Å². The average Bonchev–Trinajstić information content (AvgIpc) is 3.16. The molecule has 1 aliphatic heterocycles. The van der Waals surface area contributed by atoms with Gasteiger partial charge in [0.1, 0.15) is 0 Å². The van der Waals surface area contributed by atoms with Crippen molar-refractivity contribution in [1.82, 2.24) is 4.98 Å². The quantitative estimate of drug-likeness (QED) is 0.625. The van der Waals surface area contributed by atoms with Gasteiger partial charge in [-0.2, -0.15) is 0 Å². The monoisotopic (exact) mass is 390 g/mol. The molecule has 4 rings (SSSR count). The van der Waals surface area contributed by atoms with Crippen molar-refractivity contribution in [2.75, 3.05) is 25.2 Å². The molecule has 0 radical (unpaired) electrons. The summed E-state index contributed by atoms with van der Waals surface area (Å²) in [6.07, 6.45) is 0.807. The maximum atomic E-state index is 12.9. The van der Waals surface area contributed by atoms with Crippen LogP contribution in [0.15, 0.2) is 48.5 Å². The summed E-state index contributed by atoms with van der Waals surface area (Å²) in [7, 11) is 1.55. The van der Waals surface area contributed by atoms with E-state index >= 15 is 0 Å². The summed E-state index contributed by atoms with van der Waals surface area (Å²) in [5.41, 5.74) is 4.44. The van der Waals surface area contributed by atoms with Crippen LogP contribution in [0, 0.1) is 6.92 Å². The first-order chi connectivity index (χ1) is 14.1. The highest BCUT2D eigenvalue weighted by molar-refractivity contribution is 6.01. The molecule has 29 heavy (non-hydrogen) atoms. The van der Waals surface area contributed by atoms with Gasteiger partial charge in [0.25, 0.3) is 5.91 Å². The molecule has 0 bridgehead atoms. The van der Waals surface area contributed by atoms with Gasteiger partial charge >= 0.3 is 5.97 Å². The fraction of sp³-hybridized carbons (Fsp3) is 0.261. The number of hydrogen-bond acceptors (Lipinski definition) is 5. The molecule has 0 spiro atoms. The maximum absolute atomic E-state index is 12.9. The summed E-state index contributed by atoms with van der Waals surface area (Å²) in [5.74, 6) is -0.795. The number of benzene rings is 2. The van der Waals surface area contributed by atoms with Crippen LogP contribution in [0.5, 0.6) is 0 Å². The van der Waals surface area contributed by atoms with E-state index < -0.39 is 5.97 Å². The number of aromatic nitrogens is 1. The van der Waals surface area contributed by atoms with Gasteiger partial charge in [0, 0.05) is 24.7 Å². The first kappa shape index (κ1) is 19.1. The van der Waals surface area contributed by atoms with Crippen molar-refractivity contribution in [3.8, 4) is 0 Å². The van der Waals surface area contributed by atoms with Crippen LogP contribution in [0.1, 0.15) is 27.2 Å². The fourth-order valence-corrected chi connectivity index (χ4v) is 3.83. The van der Waals surface area contributed by atoms with Gasteiger partial charge in [-0.25, -0.2) is 9.78 Å². The molecule has 0 aliphatic carbocycles. The van der Waals surface area contributed by atoms with Crippen molar-refractivity contribution in [3.05, 3.63) is 70.9 Å². The van der Waals surface area contributed by atoms with E-state index in [2.05, 4.69) is 4.98 Å². The third-order valence-corrected chi connectivity index (χ3v) is 5.23. The van der Waals surface area contributed by atoms with Gasteiger partial charge in [-0.15, -0.1) is 0 Å². The zero-order valence-corrected chi connectivity index (χ0v) is 16.5. The Morgan fingerprint density at radius 1 is 1.10 bits per heavy atom. The largest absolute Gasteiger partial charge is 0.452 e. The van der Waals surface area contributed by atoms with E-state index in [0.717, 1.165) is 34.1 Å². The van der Waals surface area contributed by atoms with Crippen molar-refractivity contribution in [3.63, 3.8) is 0 Å². The number of carbonyl (C=O) groups excluding carboxylic acids is 2. The van der Waals surface area contributed by atoms with Gasteiger partial charge in [-0.1, -0.05) is 36.4 Å². The van der Waals surface area contributed by atoms with E-state index in [1.54, 1.807) is 12.0 Å². The highest BCUT2D eigenvalue weighted by atomic mass is 16.5. The van der Waals surface area contributed by atoms with Gasteiger partial charge in [0.15, 0.2) is 6.61 Å². The topological polar surface area (TPSA) is 68.7 Å². The van der Waals surface area contributed by atoms with Crippen LogP contribution in [-0.4, -0.2) is 37.1 Å². The molecule has 2 aromatic carbocycles. The van der Waals surface area contributed by atoms with E-state index in [4.69, 9.17) is 9.47 Å². The molecule has 1 aliphatic rings. The summed E-state index contributed by atoms with van der Waals surface area (Å²) in [6.45, 7) is 2.33. The Morgan fingerprint density at radius 3 is 2.69 bits per heavy atom. The molecule has 3 aromatic rings. The Bertz CT molecular complexity index is 1090. The van der Waals surface area contributed by atoms with Gasteiger partial charge in [0.05, 0.1) is 23.4 Å². The van der Waals surface area contributed by atoms with Gasteiger partial charge in [-0.3, -0.25) is 4.79 Å². The normalized spacial score (nSPS) is 12.8. The fourth-order valence-electron chi connectivity index (χ4n) is 3.83. The number of pyridine rings is 1. The molecule has 0 saturated carbocycles. The molecule has 0 fully saturated rings. The predicted octanol–water partition coefficient (Wildman–Crippen LogP) is 3.44. The first-order valence-electron chi connectivity index (χ1n) is 9.52. The number of amides is 1. The van der Waals surface area contributed by atoms with Crippen molar-refractivity contribution in [1.29, 1.82) is 0 Å². The average molecular weight is 390 g/mol. The molecule has 0 unspecified atom stereocenters. The van der Waals surface area contributed by atoms with Crippen LogP contribution >= 0.6 is 0 Å². The highest BCUT2D eigenvalue weighted by Crippen LogP contribution is 2.28.